The Hall–Kier alpha value is -2.96. The van der Waals surface area contributed by atoms with Crippen LogP contribution >= 0.6 is 0 Å². The standard InChI is InChI=1S/C15H13FN2O4/c1-9-13(4-3-5-14(9)18(20)21)17-15(19)11-7-6-10(22-2)8-12(11)16/h3-8H,1-2H3,(H,17,19). The molecular formula is C15H13FN2O4. The van der Waals surface area contributed by atoms with Gasteiger partial charge in [-0.05, 0) is 25.1 Å². The molecule has 1 amide bonds. The van der Waals surface area contributed by atoms with Gasteiger partial charge in [-0.2, -0.15) is 0 Å². The molecule has 1 N–H and O–H groups in total. The lowest BCUT2D eigenvalue weighted by Gasteiger charge is -2.09. The number of methoxy groups -OCH3 is 1. The Bertz CT molecular complexity index is 746. The molecule has 2 rings (SSSR count). The highest BCUT2D eigenvalue weighted by atomic mass is 19.1. The summed E-state index contributed by atoms with van der Waals surface area (Å²) in [6.45, 7) is 1.51. The molecule has 0 aliphatic rings. The van der Waals surface area contributed by atoms with Crippen molar-refractivity contribution >= 4 is 17.3 Å². The van der Waals surface area contributed by atoms with Crippen LogP contribution in [0.15, 0.2) is 36.4 Å². The molecule has 0 fully saturated rings. The van der Waals surface area contributed by atoms with E-state index < -0.39 is 16.6 Å². The predicted molar refractivity (Wildman–Crippen MR) is 78.7 cm³/mol. The maximum absolute atomic E-state index is 13.8. The van der Waals surface area contributed by atoms with Crippen molar-refractivity contribution in [2.75, 3.05) is 12.4 Å². The van der Waals surface area contributed by atoms with Crippen molar-refractivity contribution < 1.29 is 18.8 Å². The van der Waals surface area contributed by atoms with Gasteiger partial charge in [0.25, 0.3) is 11.6 Å². The number of nitro benzene ring substituents is 1. The zero-order valence-electron chi connectivity index (χ0n) is 11.9. The average molecular weight is 304 g/mol. The molecule has 0 radical (unpaired) electrons. The molecule has 0 aromatic heterocycles. The van der Waals surface area contributed by atoms with Crippen molar-refractivity contribution in [3.05, 3.63) is 63.5 Å². The summed E-state index contributed by atoms with van der Waals surface area (Å²) in [6, 6.07) is 8.13. The van der Waals surface area contributed by atoms with E-state index in [1.807, 2.05) is 0 Å². The molecule has 114 valence electrons. The quantitative estimate of drug-likeness (QED) is 0.694. The van der Waals surface area contributed by atoms with Crippen LogP contribution in [0.1, 0.15) is 15.9 Å². The van der Waals surface area contributed by atoms with Crippen molar-refractivity contribution in [3.8, 4) is 5.75 Å². The molecule has 6 nitrogen and oxygen atoms in total. The number of carbonyl (C=O) groups is 1. The number of nitro groups is 1. The minimum atomic E-state index is -0.736. The number of carbonyl (C=O) groups excluding carboxylic acids is 1. The molecule has 0 aliphatic carbocycles. The van der Waals surface area contributed by atoms with Crippen LogP contribution in [-0.2, 0) is 0 Å². The molecule has 2 aromatic carbocycles. The summed E-state index contributed by atoms with van der Waals surface area (Å²) in [4.78, 5) is 22.4. The van der Waals surface area contributed by atoms with E-state index in [1.165, 1.54) is 44.4 Å². The van der Waals surface area contributed by atoms with E-state index in [9.17, 15) is 19.3 Å². The third-order valence-electron chi connectivity index (χ3n) is 3.17. The molecule has 0 aliphatic heterocycles. The highest BCUT2D eigenvalue weighted by Crippen LogP contribution is 2.26. The third-order valence-corrected chi connectivity index (χ3v) is 3.17. The van der Waals surface area contributed by atoms with E-state index in [-0.39, 0.29) is 16.9 Å². The lowest BCUT2D eigenvalue weighted by atomic mass is 10.1. The first-order valence-electron chi connectivity index (χ1n) is 6.33. The Morgan fingerprint density at radius 2 is 2.05 bits per heavy atom. The highest BCUT2D eigenvalue weighted by Gasteiger charge is 2.17. The number of ether oxygens (including phenoxy) is 1. The van der Waals surface area contributed by atoms with Crippen LogP contribution in [0, 0.1) is 22.9 Å². The molecule has 0 unspecified atom stereocenters. The van der Waals surface area contributed by atoms with Crippen molar-refractivity contribution in [3.63, 3.8) is 0 Å². The fraction of sp³-hybridized carbons (Fsp3) is 0.133. The molecular weight excluding hydrogens is 291 g/mol. The number of hydrogen-bond donors (Lipinski definition) is 1. The Labute approximate surface area is 125 Å². The normalized spacial score (nSPS) is 10.1. The zero-order chi connectivity index (χ0) is 16.3. The van der Waals surface area contributed by atoms with Gasteiger partial charge in [-0.3, -0.25) is 14.9 Å². The van der Waals surface area contributed by atoms with E-state index in [0.717, 1.165) is 6.07 Å². The Morgan fingerprint density at radius 3 is 2.64 bits per heavy atom. The van der Waals surface area contributed by atoms with Crippen LogP contribution in [0.25, 0.3) is 0 Å². The molecule has 22 heavy (non-hydrogen) atoms. The molecule has 0 spiro atoms. The Balaban J connectivity index is 2.30. The van der Waals surface area contributed by atoms with Gasteiger partial charge in [0.2, 0.25) is 0 Å². The summed E-state index contributed by atoms with van der Waals surface area (Å²) in [5, 5.41) is 13.3. The molecule has 0 heterocycles. The molecule has 2 aromatic rings. The number of amides is 1. The maximum Gasteiger partial charge on any atom is 0.274 e. The van der Waals surface area contributed by atoms with Gasteiger partial charge in [-0.15, -0.1) is 0 Å². The summed E-state index contributed by atoms with van der Waals surface area (Å²) < 4.78 is 18.7. The largest absolute Gasteiger partial charge is 0.497 e. The van der Waals surface area contributed by atoms with Crippen LogP contribution in [0.5, 0.6) is 5.75 Å². The molecule has 7 heteroatoms. The van der Waals surface area contributed by atoms with Crippen molar-refractivity contribution in [2.24, 2.45) is 0 Å². The van der Waals surface area contributed by atoms with Gasteiger partial charge in [-0.1, -0.05) is 6.07 Å². The average Bonchev–Trinajstić information content (AvgIpc) is 2.48. The summed E-state index contributed by atoms with van der Waals surface area (Å²) in [7, 11) is 1.39. The Kier molecular flexibility index (Phi) is 4.36. The number of anilines is 1. The Morgan fingerprint density at radius 1 is 1.32 bits per heavy atom. The second-order valence-corrected chi connectivity index (χ2v) is 4.51. The predicted octanol–water partition coefficient (Wildman–Crippen LogP) is 3.30. The topological polar surface area (TPSA) is 81.5 Å². The monoisotopic (exact) mass is 304 g/mol. The first kappa shape index (κ1) is 15.4. The summed E-state index contributed by atoms with van der Waals surface area (Å²) in [5.41, 5.74) is 0.267. The number of nitrogens with zero attached hydrogens (tertiary/aromatic N) is 1. The number of nitrogens with one attached hydrogen (secondary N) is 1. The fourth-order valence-electron chi connectivity index (χ4n) is 1.95. The summed E-state index contributed by atoms with van der Waals surface area (Å²) in [5.74, 6) is -1.13. The lowest BCUT2D eigenvalue weighted by molar-refractivity contribution is -0.385. The first-order chi connectivity index (χ1) is 10.4. The van der Waals surface area contributed by atoms with E-state index >= 15 is 0 Å². The molecule has 0 saturated heterocycles. The van der Waals surface area contributed by atoms with Crippen LogP contribution in [0.4, 0.5) is 15.8 Å². The van der Waals surface area contributed by atoms with Gasteiger partial charge in [0.1, 0.15) is 11.6 Å². The molecule has 0 saturated carbocycles. The minimum Gasteiger partial charge on any atom is -0.497 e. The van der Waals surface area contributed by atoms with Crippen LogP contribution in [0.2, 0.25) is 0 Å². The second kappa shape index (κ2) is 6.21. The van der Waals surface area contributed by atoms with E-state index in [0.29, 0.717) is 11.3 Å². The lowest BCUT2D eigenvalue weighted by Crippen LogP contribution is -2.15. The van der Waals surface area contributed by atoms with Crippen molar-refractivity contribution in [1.29, 1.82) is 0 Å². The smallest absolute Gasteiger partial charge is 0.274 e. The van der Waals surface area contributed by atoms with Gasteiger partial charge >= 0.3 is 0 Å². The van der Waals surface area contributed by atoms with Crippen molar-refractivity contribution in [2.45, 2.75) is 6.92 Å². The van der Waals surface area contributed by atoms with Gasteiger partial charge in [0, 0.05) is 12.1 Å². The van der Waals surface area contributed by atoms with Gasteiger partial charge < -0.3 is 10.1 Å². The second-order valence-electron chi connectivity index (χ2n) is 4.51. The number of halogens is 1. The molecule has 0 bridgehead atoms. The van der Waals surface area contributed by atoms with E-state index in [1.54, 1.807) is 0 Å². The van der Waals surface area contributed by atoms with Gasteiger partial charge in [0.15, 0.2) is 0 Å². The van der Waals surface area contributed by atoms with E-state index in [2.05, 4.69) is 5.32 Å². The summed E-state index contributed by atoms with van der Waals surface area (Å²) >= 11 is 0. The van der Waals surface area contributed by atoms with Gasteiger partial charge in [0.05, 0.1) is 28.8 Å². The van der Waals surface area contributed by atoms with Crippen molar-refractivity contribution in [1.82, 2.24) is 0 Å². The number of benzene rings is 2. The highest BCUT2D eigenvalue weighted by molar-refractivity contribution is 6.05. The maximum atomic E-state index is 13.8. The zero-order valence-corrected chi connectivity index (χ0v) is 11.9. The third kappa shape index (κ3) is 3.03. The SMILES string of the molecule is COc1ccc(C(=O)Nc2cccc([N+](=O)[O-])c2C)c(F)c1. The van der Waals surface area contributed by atoms with E-state index in [4.69, 9.17) is 4.74 Å². The van der Waals surface area contributed by atoms with Crippen LogP contribution in [-0.4, -0.2) is 17.9 Å². The number of rotatable bonds is 4. The first-order valence-corrected chi connectivity index (χ1v) is 6.33. The fourth-order valence-corrected chi connectivity index (χ4v) is 1.95. The molecule has 0 atom stereocenters. The van der Waals surface area contributed by atoms with Crippen LogP contribution < -0.4 is 10.1 Å². The minimum absolute atomic E-state index is 0.118. The summed E-state index contributed by atoms with van der Waals surface area (Å²) in [6.07, 6.45) is 0. The number of hydrogen-bond acceptors (Lipinski definition) is 4. The van der Waals surface area contributed by atoms with Gasteiger partial charge in [-0.25, -0.2) is 4.39 Å². The van der Waals surface area contributed by atoms with Crippen LogP contribution in [0.3, 0.4) is 0 Å².